The third-order valence-corrected chi connectivity index (χ3v) is 3.66. The average Bonchev–Trinajstić information content (AvgIpc) is 2.67. The molecule has 0 fully saturated rings. The highest BCUT2D eigenvalue weighted by atomic mass is 16.2. The zero-order chi connectivity index (χ0) is 13.8. The van der Waals surface area contributed by atoms with E-state index in [4.69, 9.17) is 5.73 Å². The van der Waals surface area contributed by atoms with Gasteiger partial charge in [-0.3, -0.25) is 4.79 Å². The molecule has 3 N–H and O–H groups in total. The molecule has 0 spiro atoms. The Morgan fingerprint density at radius 2 is 2.21 bits per heavy atom. The first-order chi connectivity index (χ1) is 9.13. The van der Waals surface area contributed by atoms with E-state index in [-0.39, 0.29) is 11.9 Å². The minimum Gasteiger partial charge on any atom is -0.345 e. The topological polar surface area (TPSA) is 85.8 Å². The Bertz CT molecular complexity index is 442. The molecule has 1 aromatic heterocycles. The van der Waals surface area contributed by atoms with Crippen molar-refractivity contribution in [1.29, 1.82) is 0 Å². The summed E-state index contributed by atoms with van der Waals surface area (Å²) in [5.41, 5.74) is 5.73. The fraction of sp³-hybridized carbons (Fsp3) is 0.769. The number of carbonyl (C=O) groups is 1. The van der Waals surface area contributed by atoms with Crippen molar-refractivity contribution in [2.45, 2.75) is 64.6 Å². The lowest BCUT2D eigenvalue weighted by atomic mass is 10.2. The van der Waals surface area contributed by atoms with Crippen LogP contribution in [0, 0.1) is 0 Å². The third-order valence-electron chi connectivity index (χ3n) is 3.66. The molecular weight excluding hydrogens is 242 g/mol. The second-order valence-electron chi connectivity index (χ2n) is 5.18. The van der Waals surface area contributed by atoms with E-state index in [0.717, 1.165) is 31.0 Å². The summed E-state index contributed by atoms with van der Waals surface area (Å²) in [5.74, 6) is 1.75. The molecule has 1 aliphatic rings. The predicted octanol–water partition coefficient (Wildman–Crippen LogP) is 0.919. The van der Waals surface area contributed by atoms with Crippen LogP contribution in [0.25, 0.3) is 0 Å². The Balaban J connectivity index is 2.09. The summed E-state index contributed by atoms with van der Waals surface area (Å²) >= 11 is 0. The summed E-state index contributed by atoms with van der Waals surface area (Å²) in [6.07, 6.45) is 5.15. The molecule has 2 unspecified atom stereocenters. The molecule has 0 saturated carbocycles. The van der Waals surface area contributed by atoms with Crippen molar-refractivity contribution in [2.24, 2.45) is 5.73 Å². The van der Waals surface area contributed by atoms with Crippen molar-refractivity contribution in [3.05, 3.63) is 11.6 Å². The zero-order valence-corrected chi connectivity index (χ0v) is 11.7. The van der Waals surface area contributed by atoms with Crippen molar-refractivity contribution in [1.82, 2.24) is 20.1 Å². The normalized spacial score (nSPS) is 18.3. The standard InChI is InChI=1S/C13H23N5O/c1-3-10(14)13(19)15-9(2)12-17-16-11-7-5-4-6-8-18(11)12/h9-10H,3-8,14H2,1-2H3,(H,15,19). The smallest absolute Gasteiger partial charge is 0.237 e. The van der Waals surface area contributed by atoms with Crippen LogP contribution in [-0.4, -0.2) is 26.7 Å². The SMILES string of the molecule is CCC(N)C(=O)NC(C)c1nnc2n1CCCCC2. The van der Waals surface area contributed by atoms with Crippen molar-refractivity contribution < 1.29 is 4.79 Å². The molecule has 1 aliphatic heterocycles. The van der Waals surface area contributed by atoms with E-state index < -0.39 is 6.04 Å². The van der Waals surface area contributed by atoms with Crippen molar-refractivity contribution in [2.75, 3.05) is 0 Å². The number of rotatable bonds is 4. The Morgan fingerprint density at radius 3 is 2.95 bits per heavy atom. The monoisotopic (exact) mass is 265 g/mol. The van der Waals surface area contributed by atoms with Gasteiger partial charge < -0.3 is 15.6 Å². The van der Waals surface area contributed by atoms with Crippen LogP contribution in [0.5, 0.6) is 0 Å². The summed E-state index contributed by atoms with van der Waals surface area (Å²) in [4.78, 5) is 11.8. The van der Waals surface area contributed by atoms with Gasteiger partial charge in [-0.1, -0.05) is 13.3 Å². The van der Waals surface area contributed by atoms with Gasteiger partial charge in [-0.2, -0.15) is 0 Å². The molecule has 6 heteroatoms. The van der Waals surface area contributed by atoms with Gasteiger partial charge in [0.1, 0.15) is 5.82 Å². The number of hydrogen-bond donors (Lipinski definition) is 2. The number of nitrogens with one attached hydrogen (secondary N) is 1. The fourth-order valence-corrected chi connectivity index (χ4v) is 2.40. The second-order valence-corrected chi connectivity index (χ2v) is 5.18. The number of amides is 1. The van der Waals surface area contributed by atoms with Crippen molar-refractivity contribution in [3.63, 3.8) is 0 Å². The molecule has 2 heterocycles. The lowest BCUT2D eigenvalue weighted by Crippen LogP contribution is -2.41. The van der Waals surface area contributed by atoms with Crippen LogP contribution in [0.15, 0.2) is 0 Å². The van der Waals surface area contributed by atoms with Gasteiger partial charge in [-0.05, 0) is 26.2 Å². The molecule has 6 nitrogen and oxygen atoms in total. The van der Waals surface area contributed by atoms with Gasteiger partial charge in [0.15, 0.2) is 5.82 Å². The maximum atomic E-state index is 11.8. The number of nitrogens with two attached hydrogens (primary N) is 1. The molecule has 0 radical (unpaired) electrons. The lowest BCUT2D eigenvalue weighted by molar-refractivity contribution is -0.123. The van der Waals surface area contributed by atoms with E-state index in [2.05, 4.69) is 20.1 Å². The first-order valence-electron chi connectivity index (χ1n) is 7.11. The van der Waals surface area contributed by atoms with Gasteiger partial charge in [0, 0.05) is 13.0 Å². The molecule has 1 amide bonds. The summed E-state index contributed by atoms with van der Waals surface area (Å²) in [6, 6.07) is -0.599. The van der Waals surface area contributed by atoms with Gasteiger partial charge in [0.25, 0.3) is 0 Å². The Kier molecular flexibility index (Phi) is 4.52. The number of aryl methyl sites for hydroxylation is 1. The minimum atomic E-state index is -0.450. The summed E-state index contributed by atoms with van der Waals surface area (Å²) in [5, 5.41) is 11.4. The van der Waals surface area contributed by atoms with Crippen molar-refractivity contribution >= 4 is 5.91 Å². The Hall–Kier alpha value is -1.43. The molecule has 1 aromatic rings. The third kappa shape index (κ3) is 3.12. The summed E-state index contributed by atoms with van der Waals surface area (Å²) in [6.45, 7) is 4.78. The highest BCUT2D eigenvalue weighted by Crippen LogP contribution is 2.18. The molecular formula is C13H23N5O. The quantitative estimate of drug-likeness (QED) is 0.847. The maximum Gasteiger partial charge on any atom is 0.237 e. The van der Waals surface area contributed by atoms with Gasteiger partial charge in [-0.15, -0.1) is 10.2 Å². The van der Waals surface area contributed by atoms with E-state index in [0.29, 0.717) is 6.42 Å². The summed E-state index contributed by atoms with van der Waals surface area (Å²) in [7, 11) is 0. The van der Waals surface area contributed by atoms with E-state index in [1.165, 1.54) is 12.8 Å². The molecule has 19 heavy (non-hydrogen) atoms. The van der Waals surface area contributed by atoms with E-state index >= 15 is 0 Å². The fourth-order valence-electron chi connectivity index (χ4n) is 2.40. The number of nitrogens with zero attached hydrogens (tertiary/aromatic N) is 3. The van der Waals surface area contributed by atoms with Crippen LogP contribution in [0.1, 0.15) is 57.2 Å². The molecule has 0 saturated heterocycles. The predicted molar refractivity (Wildman–Crippen MR) is 72.4 cm³/mol. The zero-order valence-electron chi connectivity index (χ0n) is 11.7. The molecule has 0 aromatic carbocycles. The Labute approximate surface area is 113 Å². The highest BCUT2D eigenvalue weighted by molar-refractivity contribution is 5.81. The minimum absolute atomic E-state index is 0.124. The van der Waals surface area contributed by atoms with Crippen LogP contribution < -0.4 is 11.1 Å². The van der Waals surface area contributed by atoms with Gasteiger partial charge >= 0.3 is 0 Å². The van der Waals surface area contributed by atoms with Crippen LogP contribution in [0.4, 0.5) is 0 Å². The lowest BCUT2D eigenvalue weighted by Gasteiger charge is -2.17. The number of carbonyl (C=O) groups excluding carboxylic acids is 1. The second kappa shape index (κ2) is 6.14. The largest absolute Gasteiger partial charge is 0.345 e. The van der Waals surface area contributed by atoms with Crippen LogP contribution in [-0.2, 0) is 17.8 Å². The highest BCUT2D eigenvalue weighted by Gasteiger charge is 2.21. The van der Waals surface area contributed by atoms with Crippen molar-refractivity contribution in [3.8, 4) is 0 Å². The molecule has 0 bridgehead atoms. The van der Waals surface area contributed by atoms with Crippen LogP contribution >= 0.6 is 0 Å². The molecule has 2 rings (SSSR count). The van der Waals surface area contributed by atoms with Crippen LogP contribution in [0.3, 0.4) is 0 Å². The van der Waals surface area contributed by atoms with E-state index in [1.54, 1.807) is 0 Å². The van der Waals surface area contributed by atoms with Gasteiger partial charge in [-0.25, -0.2) is 0 Å². The Morgan fingerprint density at radius 1 is 1.42 bits per heavy atom. The first-order valence-corrected chi connectivity index (χ1v) is 7.11. The van der Waals surface area contributed by atoms with Gasteiger partial charge in [0.2, 0.25) is 5.91 Å². The number of aromatic nitrogens is 3. The summed E-state index contributed by atoms with van der Waals surface area (Å²) < 4.78 is 2.15. The molecule has 0 aliphatic carbocycles. The number of fused-ring (bicyclic) bond motifs is 1. The maximum absolute atomic E-state index is 11.8. The average molecular weight is 265 g/mol. The first kappa shape index (κ1) is 14.0. The van der Waals surface area contributed by atoms with Gasteiger partial charge in [0.05, 0.1) is 12.1 Å². The molecule has 2 atom stereocenters. The number of hydrogen-bond acceptors (Lipinski definition) is 4. The molecule has 106 valence electrons. The van der Waals surface area contributed by atoms with E-state index in [9.17, 15) is 4.79 Å². The van der Waals surface area contributed by atoms with Crippen LogP contribution in [0.2, 0.25) is 0 Å². The van der Waals surface area contributed by atoms with E-state index in [1.807, 2.05) is 13.8 Å².